The summed E-state index contributed by atoms with van der Waals surface area (Å²) in [4.78, 5) is 25.2. The number of amides is 1. The minimum Gasteiger partial charge on any atom is -0.469 e. The third-order valence-corrected chi connectivity index (χ3v) is 3.29. The second-order valence-electron chi connectivity index (χ2n) is 4.90. The molecule has 0 saturated heterocycles. The largest absolute Gasteiger partial charge is 0.469 e. The molecule has 0 radical (unpaired) electrons. The van der Waals surface area contributed by atoms with Crippen molar-refractivity contribution in [2.75, 3.05) is 20.2 Å². The van der Waals surface area contributed by atoms with Gasteiger partial charge in [0.2, 0.25) is 0 Å². The number of hydrogen-bond donors (Lipinski definition) is 0. The molecule has 1 aromatic heterocycles. The topological polar surface area (TPSA) is 59.8 Å². The summed E-state index contributed by atoms with van der Waals surface area (Å²) in [5.74, 6) is 0.213. The van der Waals surface area contributed by atoms with Crippen LogP contribution in [-0.2, 0) is 9.53 Å². The molecule has 0 bridgehead atoms. The second kappa shape index (κ2) is 8.09. The number of rotatable bonds is 7. The zero-order valence-electron chi connectivity index (χ0n) is 12.0. The predicted octanol–water partition coefficient (Wildman–Crippen LogP) is 3.09. The molecule has 0 saturated carbocycles. The van der Waals surface area contributed by atoms with Crippen molar-refractivity contribution in [1.82, 2.24) is 4.90 Å². The van der Waals surface area contributed by atoms with E-state index in [0.717, 1.165) is 6.42 Å². The highest BCUT2D eigenvalue weighted by atomic mass is 79.9. The molecule has 5 nitrogen and oxygen atoms in total. The predicted molar refractivity (Wildman–Crippen MR) is 78.4 cm³/mol. The lowest BCUT2D eigenvalue weighted by Gasteiger charge is -2.22. The molecule has 0 spiro atoms. The van der Waals surface area contributed by atoms with Gasteiger partial charge in [-0.05, 0) is 40.4 Å². The highest BCUT2D eigenvalue weighted by molar-refractivity contribution is 9.10. The normalized spacial score (nSPS) is 10.7. The summed E-state index contributed by atoms with van der Waals surface area (Å²) in [6, 6.07) is 3.29. The van der Waals surface area contributed by atoms with E-state index in [1.807, 2.05) is 0 Å². The van der Waals surface area contributed by atoms with E-state index in [2.05, 4.69) is 34.5 Å². The van der Waals surface area contributed by atoms with Gasteiger partial charge in [0.05, 0.1) is 13.5 Å². The van der Waals surface area contributed by atoms with E-state index in [4.69, 9.17) is 4.42 Å². The van der Waals surface area contributed by atoms with Crippen LogP contribution < -0.4 is 0 Å². The number of carbonyl (C=O) groups excluding carboxylic acids is 2. The maximum atomic E-state index is 12.3. The van der Waals surface area contributed by atoms with E-state index in [1.54, 1.807) is 17.0 Å². The van der Waals surface area contributed by atoms with Gasteiger partial charge in [-0.25, -0.2) is 0 Å². The fourth-order valence-electron chi connectivity index (χ4n) is 1.64. The fourth-order valence-corrected chi connectivity index (χ4v) is 1.95. The number of ether oxygens (including phenoxy) is 1. The first-order valence-corrected chi connectivity index (χ1v) is 7.34. The monoisotopic (exact) mass is 345 g/mol. The number of nitrogens with zero attached hydrogens (tertiary/aromatic N) is 1. The van der Waals surface area contributed by atoms with E-state index in [0.29, 0.717) is 23.7 Å². The molecule has 0 aliphatic heterocycles. The van der Waals surface area contributed by atoms with Gasteiger partial charge in [-0.1, -0.05) is 13.8 Å². The summed E-state index contributed by atoms with van der Waals surface area (Å²) in [7, 11) is 1.34. The molecule has 0 aromatic carbocycles. The Morgan fingerprint density at radius 1 is 1.35 bits per heavy atom. The van der Waals surface area contributed by atoms with Gasteiger partial charge < -0.3 is 14.1 Å². The Labute approximate surface area is 127 Å². The molecule has 0 unspecified atom stereocenters. The number of halogens is 1. The van der Waals surface area contributed by atoms with Crippen LogP contribution in [0.1, 0.15) is 37.2 Å². The second-order valence-corrected chi connectivity index (χ2v) is 5.69. The van der Waals surface area contributed by atoms with E-state index in [9.17, 15) is 9.59 Å². The van der Waals surface area contributed by atoms with Crippen LogP contribution in [0.15, 0.2) is 21.2 Å². The van der Waals surface area contributed by atoms with Crippen molar-refractivity contribution in [2.45, 2.75) is 26.7 Å². The van der Waals surface area contributed by atoms with Gasteiger partial charge in [-0.15, -0.1) is 0 Å². The van der Waals surface area contributed by atoms with Crippen LogP contribution in [0.3, 0.4) is 0 Å². The van der Waals surface area contributed by atoms with Crippen LogP contribution in [0.5, 0.6) is 0 Å². The lowest BCUT2D eigenvalue weighted by Crippen LogP contribution is -2.34. The third kappa shape index (κ3) is 5.36. The Balaban J connectivity index is 2.69. The number of carbonyl (C=O) groups is 2. The Hall–Kier alpha value is -1.30. The Kier molecular flexibility index (Phi) is 6.78. The van der Waals surface area contributed by atoms with Gasteiger partial charge in [-0.2, -0.15) is 0 Å². The molecular formula is C14H20BrNO4. The molecule has 0 aliphatic rings. The Morgan fingerprint density at radius 2 is 2.05 bits per heavy atom. The molecule has 20 heavy (non-hydrogen) atoms. The Bertz CT molecular complexity index is 456. The number of furan rings is 1. The van der Waals surface area contributed by atoms with Crippen LogP contribution in [0, 0.1) is 5.92 Å². The van der Waals surface area contributed by atoms with Crippen LogP contribution in [0.4, 0.5) is 0 Å². The summed E-state index contributed by atoms with van der Waals surface area (Å²) in [6.07, 6.45) is 1.05. The van der Waals surface area contributed by atoms with Crippen molar-refractivity contribution in [3.05, 3.63) is 22.6 Å². The van der Waals surface area contributed by atoms with Crippen molar-refractivity contribution < 1.29 is 18.7 Å². The van der Waals surface area contributed by atoms with Gasteiger partial charge in [0.15, 0.2) is 10.4 Å². The third-order valence-electron chi connectivity index (χ3n) is 2.86. The first-order chi connectivity index (χ1) is 9.43. The molecule has 1 rings (SSSR count). The summed E-state index contributed by atoms with van der Waals surface area (Å²) < 4.78 is 10.4. The molecule has 0 atom stereocenters. The van der Waals surface area contributed by atoms with Gasteiger partial charge >= 0.3 is 5.97 Å². The maximum absolute atomic E-state index is 12.3. The number of methoxy groups -OCH3 is 1. The van der Waals surface area contributed by atoms with Crippen molar-refractivity contribution in [3.8, 4) is 0 Å². The highest BCUT2D eigenvalue weighted by Gasteiger charge is 2.20. The first kappa shape index (κ1) is 16.8. The summed E-state index contributed by atoms with van der Waals surface area (Å²) in [6.45, 7) is 5.10. The van der Waals surface area contributed by atoms with Gasteiger partial charge in [0, 0.05) is 13.1 Å². The van der Waals surface area contributed by atoms with E-state index < -0.39 is 0 Å². The average molecular weight is 346 g/mol. The SMILES string of the molecule is COC(=O)CCN(CCC(C)C)C(=O)c1ccc(Br)o1. The molecule has 6 heteroatoms. The average Bonchev–Trinajstić information content (AvgIpc) is 2.84. The molecule has 0 fully saturated rings. The van der Waals surface area contributed by atoms with Crippen LogP contribution >= 0.6 is 15.9 Å². The zero-order valence-corrected chi connectivity index (χ0v) is 13.6. The Morgan fingerprint density at radius 3 is 2.55 bits per heavy atom. The van der Waals surface area contributed by atoms with E-state index in [-0.39, 0.29) is 24.1 Å². The molecule has 0 N–H and O–H groups in total. The molecule has 1 amide bonds. The van der Waals surface area contributed by atoms with Crippen LogP contribution in [0.2, 0.25) is 0 Å². The van der Waals surface area contributed by atoms with Crippen molar-refractivity contribution in [2.24, 2.45) is 5.92 Å². The summed E-state index contributed by atoms with van der Waals surface area (Å²) >= 11 is 3.17. The standard InChI is InChI=1S/C14H20BrNO4/c1-10(2)6-8-16(9-7-13(17)19-3)14(18)11-4-5-12(15)20-11/h4-5,10H,6-9H2,1-3H3. The summed E-state index contributed by atoms with van der Waals surface area (Å²) in [5.41, 5.74) is 0. The minimum absolute atomic E-state index is 0.183. The molecule has 0 aliphatic carbocycles. The maximum Gasteiger partial charge on any atom is 0.307 e. The smallest absolute Gasteiger partial charge is 0.307 e. The number of esters is 1. The van der Waals surface area contributed by atoms with Crippen LogP contribution in [0.25, 0.3) is 0 Å². The van der Waals surface area contributed by atoms with Crippen molar-refractivity contribution >= 4 is 27.8 Å². The lowest BCUT2D eigenvalue weighted by atomic mass is 10.1. The minimum atomic E-state index is -0.326. The van der Waals surface area contributed by atoms with Gasteiger partial charge in [0.25, 0.3) is 5.91 Å². The lowest BCUT2D eigenvalue weighted by molar-refractivity contribution is -0.140. The van der Waals surface area contributed by atoms with Crippen molar-refractivity contribution in [3.63, 3.8) is 0 Å². The van der Waals surface area contributed by atoms with Crippen LogP contribution in [-0.4, -0.2) is 37.0 Å². The fraction of sp³-hybridized carbons (Fsp3) is 0.571. The van der Waals surface area contributed by atoms with Gasteiger partial charge in [-0.3, -0.25) is 9.59 Å². The quantitative estimate of drug-likeness (QED) is 0.712. The highest BCUT2D eigenvalue weighted by Crippen LogP contribution is 2.16. The zero-order chi connectivity index (χ0) is 15.1. The molecule has 112 valence electrons. The van der Waals surface area contributed by atoms with Crippen molar-refractivity contribution in [1.29, 1.82) is 0 Å². The number of hydrogen-bond acceptors (Lipinski definition) is 4. The first-order valence-electron chi connectivity index (χ1n) is 6.55. The summed E-state index contributed by atoms with van der Waals surface area (Å²) in [5, 5.41) is 0. The van der Waals surface area contributed by atoms with Gasteiger partial charge in [0.1, 0.15) is 0 Å². The molecule has 1 aromatic rings. The van der Waals surface area contributed by atoms with E-state index >= 15 is 0 Å². The molecular weight excluding hydrogens is 326 g/mol. The molecule has 1 heterocycles. The van der Waals surface area contributed by atoms with E-state index in [1.165, 1.54) is 7.11 Å².